The second kappa shape index (κ2) is 6.01. The van der Waals surface area contributed by atoms with Crippen LogP contribution in [0.3, 0.4) is 0 Å². The van der Waals surface area contributed by atoms with E-state index in [2.05, 4.69) is 10.1 Å². The number of carbonyl (C=O) groups excluding carboxylic acids is 1. The lowest BCUT2D eigenvalue weighted by Gasteiger charge is -2.22. The molecule has 0 aliphatic heterocycles. The van der Waals surface area contributed by atoms with Gasteiger partial charge in [-0.2, -0.15) is 0 Å². The number of sulfone groups is 1. The Morgan fingerprint density at radius 1 is 1.38 bits per heavy atom. The van der Waals surface area contributed by atoms with Crippen LogP contribution in [0.5, 0.6) is 0 Å². The Morgan fingerprint density at radius 3 is 2.71 bits per heavy atom. The molecule has 2 rings (SSSR count). The van der Waals surface area contributed by atoms with Crippen LogP contribution in [0, 0.1) is 5.82 Å². The summed E-state index contributed by atoms with van der Waals surface area (Å²) in [6.07, 6.45) is 3.29. The third-order valence-electron chi connectivity index (χ3n) is 3.73. The Balaban J connectivity index is 2.29. The Morgan fingerprint density at radius 2 is 2.10 bits per heavy atom. The lowest BCUT2D eigenvalue weighted by Crippen LogP contribution is -2.34. The van der Waals surface area contributed by atoms with E-state index >= 15 is 0 Å². The average molecular weight is 315 g/mol. The Bertz CT molecular complexity index is 644. The summed E-state index contributed by atoms with van der Waals surface area (Å²) < 4.78 is 41.5. The number of halogens is 1. The molecule has 1 aromatic carbocycles. The van der Waals surface area contributed by atoms with Crippen LogP contribution in [0.1, 0.15) is 29.6 Å². The van der Waals surface area contributed by atoms with Crippen molar-refractivity contribution in [1.29, 1.82) is 0 Å². The van der Waals surface area contributed by atoms with Crippen molar-refractivity contribution in [2.75, 3.05) is 18.7 Å². The van der Waals surface area contributed by atoms with Crippen molar-refractivity contribution in [2.24, 2.45) is 0 Å². The van der Waals surface area contributed by atoms with E-state index in [1.807, 2.05) is 0 Å². The van der Waals surface area contributed by atoms with Gasteiger partial charge in [0.25, 0.3) is 0 Å². The zero-order valence-corrected chi connectivity index (χ0v) is 12.7. The number of benzene rings is 1. The van der Waals surface area contributed by atoms with Gasteiger partial charge in [0.2, 0.25) is 0 Å². The molecule has 1 aromatic rings. The molecular weight excluding hydrogens is 297 g/mol. The predicted octanol–water partition coefficient (Wildman–Crippen LogP) is 1.99. The number of anilines is 1. The first-order valence-corrected chi connectivity index (χ1v) is 8.61. The molecule has 1 saturated carbocycles. The maximum absolute atomic E-state index is 13.3. The van der Waals surface area contributed by atoms with Gasteiger partial charge in [-0.3, -0.25) is 0 Å². The molecule has 7 heteroatoms. The first kappa shape index (κ1) is 15.8. The fraction of sp³-hybridized carbons (Fsp3) is 0.500. The van der Waals surface area contributed by atoms with E-state index in [0.29, 0.717) is 18.5 Å². The molecule has 0 aromatic heterocycles. The first-order valence-electron chi connectivity index (χ1n) is 6.66. The van der Waals surface area contributed by atoms with Crippen molar-refractivity contribution >= 4 is 21.5 Å². The van der Waals surface area contributed by atoms with Crippen LogP contribution in [0.2, 0.25) is 0 Å². The van der Waals surface area contributed by atoms with Gasteiger partial charge in [0.1, 0.15) is 5.82 Å². The summed E-state index contributed by atoms with van der Waals surface area (Å²) >= 11 is 0. The van der Waals surface area contributed by atoms with Crippen molar-refractivity contribution in [1.82, 2.24) is 0 Å². The van der Waals surface area contributed by atoms with Gasteiger partial charge in [-0.1, -0.05) is 0 Å². The number of ether oxygens (including phenoxy) is 1. The number of methoxy groups -OCH3 is 1. The van der Waals surface area contributed by atoms with Gasteiger partial charge >= 0.3 is 5.97 Å². The molecule has 1 fully saturated rings. The predicted molar refractivity (Wildman–Crippen MR) is 77.6 cm³/mol. The lowest BCUT2D eigenvalue weighted by atomic mass is 10.1. The molecule has 116 valence electrons. The van der Waals surface area contributed by atoms with Gasteiger partial charge in [0, 0.05) is 18.0 Å². The molecule has 1 aliphatic rings. The van der Waals surface area contributed by atoms with Crippen LogP contribution >= 0.6 is 0 Å². The highest BCUT2D eigenvalue weighted by molar-refractivity contribution is 7.91. The van der Waals surface area contributed by atoms with Crippen LogP contribution in [-0.2, 0) is 14.6 Å². The van der Waals surface area contributed by atoms with E-state index in [9.17, 15) is 17.6 Å². The second-order valence-corrected chi connectivity index (χ2v) is 7.50. The van der Waals surface area contributed by atoms with E-state index in [1.54, 1.807) is 0 Å². The molecule has 0 spiro atoms. The topological polar surface area (TPSA) is 72.5 Å². The van der Waals surface area contributed by atoms with Crippen molar-refractivity contribution in [2.45, 2.75) is 30.6 Å². The number of nitrogens with one attached hydrogen (secondary N) is 1. The van der Waals surface area contributed by atoms with Crippen molar-refractivity contribution in [3.63, 3.8) is 0 Å². The summed E-state index contributed by atoms with van der Waals surface area (Å²) in [5.41, 5.74) is 0.459. The minimum absolute atomic E-state index is 0.0663. The summed E-state index contributed by atoms with van der Waals surface area (Å²) in [6.45, 7) is 0. The molecule has 21 heavy (non-hydrogen) atoms. The third kappa shape index (κ3) is 3.53. The SMILES string of the molecule is COC(=O)c1cc(F)ccc1NC1CCCC1S(C)(=O)=O. The van der Waals surface area contributed by atoms with Crippen molar-refractivity contribution in [3.05, 3.63) is 29.6 Å². The normalized spacial score (nSPS) is 22.0. The third-order valence-corrected chi connectivity index (χ3v) is 5.39. The Kier molecular flexibility index (Phi) is 4.51. The van der Waals surface area contributed by atoms with Gasteiger partial charge in [-0.15, -0.1) is 0 Å². The smallest absolute Gasteiger partial charge is 0.340 e. The highest BCUT2D eigenvalue weighted by atomic mass is 32.2. The molecule has 5 nitrogen and oxygen atoms in total. The number of esters is 1. The molecule has 1 N–H and O–H groups in total. The zero-order valence-electron chi connectivity index (χ0n) is 11.9. The van der Waals surface area contributed by atoms with Gasteiger partial charge in [-0.25, -0.2) is 17.6 Å². The van der Waals surface area contributed by atoms with E-state index in [0.717, 1.165) is 12.5 Å². The molecule has 0 heterocycles. The van der Waals surface area contributed by atoms with E-state index < -0.39 is 26.9 Å². The summed E-state index contributed by atoms with van der Waals surface area (Å²) in [5, 5.41) is 2.57. The van der Waals surface area contributed by atoms with Gasteiger partial charge in [-0.05, 0) is 37.5 Å². The highest BCUT2D eigenvalue weighted by Gasteiger charge is 2.35. The molecule has 0 bridgehead atoms. The minimum Gasteiger partial charge on any atom is -0.465 e. The summed E-state index contributed by atoms with van der Waals surface area (Å²) in [7, 11) is -1.96. The first-order chi connectivity index (χ1) is 9.82. The fourth-order valence-electron chi connectivity index (χ4n) is 2.72. The standard InChI is InChI=1S/C14H18FNO4S/c1-20-14(17)10-8-9(15)6-7-11(10)16-12-4-3-5-13(12)21(2,18)19/h6-8,12-13,16H,3-5H2,1-2H3. The van der Waals surface area contributed by atoms with E-state index in [-0.39, 0.29) is 11.6 Å². The number of hydrogen-bond donors (Lipinski definition) is 1. The monoisotopic (exact) mass is 315 g/mol. The van der Waals surface area contributed by atoms with E-state index in [4.69, 9.17) is 0 Å². The highest BCUT2D eigenvalue weighted by Crippen LogP contribution is 2.29. The summed E-state index contributed by atoms with van der Waals surface area (Å²) in [6, 6.07) is 3.45. The maximum Gasteiger partial charge on any atom is 0.340 e. The minimum atomic E-state index is -3.17. The van der Waals surface area contributed by atoms with Crippen LogP contribution in [0.25, 0.3) is 0 Å². The van der Waals surface area contributed by atoms with Gasteiger partial charge in [0.15, 0.2) is 9.84 Å². The largest absolute Gasteiger partial charge is 0.465 e. The Hall–Kier alpha value is -1.63. The molecule has 2 atom stereocenters. The molecule has 1 aliphatic carbocycles. The lowest BCUT2D eigenvalue weighted by molar-refractivity contribution is 0.0601. The quantitative estimate of drug-likeness (QED) is 0.860. The fourth-order valence-corrected chi connectivity index (χ4v) is 4.12. The van der Waals surface area contributed by atoms with Gasteiger partial charge in [0.05, 0.1) is 17.9 Å². The van der Waals surface area contributed by atoms with Gasteiger partial charge < -0.3 is 10.1 Å². The van der Waals surface area contributed by atoms with E-state index in [1.165, 1.54) is 25.5 Å². The van der Waals surface area contributed by atoms with Crippen LogP contribution in [0.15, 0.2) is 18.2 Å². The molecule has 2 unspecified atom stereocenters. The summed E-state index contributed by atoms with van der Waals surface area (Å²) in [4.78, 5) is 11.7. The second-order valence-electron chi connectivity index (χ2n) is 5.23. The van der Waals surface area contributed by atoms with Crippen LogP contribution in [0.4, 0.5) is 10.1 Å². The van der Waals surface area contributed by atoms with Crippen LogP contribution in [-0.4, -0.2) is 39.0 Å². The zero-order chi connectivity index (χ0) is 15.6. The maximum atomic E-state index is 13.3. The Labute approximate surface area is 123 Å². The van der Waals surface area contributed by atoms with Crippen molar-refractivity contribution in [3.8, 4) is 0 Å². The number of rotatable bonds is 4. The average Bonchev–Trinajstić information content (AvgIpc) is 2.88. The summed E-state index contributed by atoms with van der Waals surface area (Å²) in [5.74, 6) is -1.21. The number of carbonyl (C=O) groups is 1. The van der Waals surface area contributed by atoms with Crippen molar-refractivity contribution < 1.29 is 22.3 Å². The molecule has 0 radical (unpaired) electrons. The van der Waals surface area contributed by atoms with Crippen LogP contribution < -0.4 is 5.32 Å². The molecule has 0 saturated heterocycles. The molecule has 0 amide bonds. The molecular formula is C14H18FNO4S. The number of hydrogen-bond acceptors (Lipinski definition) is 5.